The van der Waals surface area contributed by atoms with E-state index in [1.807, 2.05) is 6.07 Å². The predicted molar refractivity (Wildman–Crippen MR) is 129 cm³/mol. The van der Waals surface area contributed by atoms with E-state index in [1.165, 1.54) is 109 Å². The fourth-order valence-corrected chi connectivity index (χ4v) is 3.70. The van der Waals surface area contributed by atoms with E-state index in [2.05, 4.69) is 16.9 Å². The minimum Gasteiger partial charge on any atom is -0.468 e. The van der Waals surface area contributed by atoms with Crippen molar-refractivity contribution in [1.82, 2.24) is 9.97 Å². The average molecular weight is 448 g/mol. The van der Waals surface area contributed by atoms with Gasteiger partial charge in [-0.1, -0.05) is 103 Å². The zero-order valence-electron chi connectivity index (χ0n) is 20.3. The maximum absolute atomic E-state index is 9.43. The number of hydrogen-bond donors (Lipinski definition) is 1. The Morgan fingerprint density at radius 1 is 0.812 bits per heavy atom. The van der Waals surface area contributed by atoms with E-state index in [9.17, 15) is 5.11 Å². The number of unbranched alkanes of at least 4 members (excludes halogenated alkanes) is 15. The standard InChI is InChI=1S/C26H45N3O3/c1-2-3-4-5-6-7-8-9-10-11-12-13-14-15-16-17-18-31-23-25(22-30)32-26-21-28-24(19-27)20-29-26/h20-21,25,30H,2-18,22-23H2,1H3/t25-/m0/s1. The highest BCUT2D eigenvalue weighted by atomic mass is 16.5. The smallest absolute Gasteiger partial charge is 0.232 e. The number of nitriles is 1. The van der Waals surface area contributed by atoms with E-state index < -0.39 is 6.10 Å². The molecule has 0 aliphatic carbocycles. The molecule has 0 amide bonds. The van der Waals surface area contributed by atoms with Crippen LogP contribution in [0.25, 0.3) is 0 Å². The number of aliphatic hydroxyl groups is 1. The molecular formula is C26H45N3O3. The van der Waals surface area contributed by atoms with Gasteiger partial charge in [-0.05, 0) is 6.42 Å². The Hall–Kier alpha value is -1.71. The van der Waals surface area contributed by atoms with E-state index in [4.69, 9.17) is 14.7 Å². The van der Waals surface area contributed by atoms with Crippen LogP contribution in [-0.4, -0.2) is 41.0 Å². The van der Waals surface area contributed by atoms with E-state index in [0.29, 0.717) is 13.2 Å². The molecule has 0 spiro atoms. The molecule has 0 saturated heterocycles. The summed E-state index contributed by atoms with van der Waals surface area (Å²) in [5, 5.41) is 18.2. The molecule has 0 radical (unpaired) electrons. The fourth-order valence-electron chi connectivity index (χ4n) is 3.70. The minimum absolute atomic E-state index is 0.152. The lowest BCUT2D eigenvalue weighted by molar-refractivity contribution is 0.0165. The second kappa shape index (κ2) is 21.2. The normalized spacial score (nSPS) is 11.9. The van der Waals surface area contributed by atoms with Crippen molar-refractivity contribution in [2.45, 2.75) is 116 Å². The molecule has 6 nitrogen and oxygen atoms in total. The van der Waals surface area contributed by atoms with Gasteiger partial charge < -0.3 is 14.6 Å². The van der Waals surface area contributed by atoms with Crippen molar-refractivity contribution in [2.24, 2.45) is 0 Å². The molecule has 0 saturated carbocycles. The van der Waals surface area contributed by atoms with Gasteiger partial charge >= 0.3 is 0 Å². The third-order valence-electron chi connectivity index (χ3n) is 5.68. The molecule has 1 N–H and O–H groups in total. The monoisotopic (exact) mass is 447 g/mol. The van der Waals surface area contributed by atoms with Gasteiger partial charge in [0.05, 0.1) is 25.6 Å². The first-order valence-corrected chi connectivity index (χ1v) is 12.9. The van der Waals surface area contributed by atoms with Crippen LogP contribution in [0.5, 0.6) is 5.88 Å². The topological polar surface area (TPSA) is 88.3 Å². The van der Waals surface area contributed by atoms with Crippen molar-refractivity contribution in [1.29, 1.82) is 5.26 Å². The van der Waals surface area contributed by atoms with Gasteiger partial charge in [0.1, 0.15) is 12.2 Å². The first-order chi connectivity index (χ1) is 15.8. The van der Waals surface area contributed by atoms with Crippen LogP contribution in [0.2, 0.25) is 0 Å². The van der Waals surface area contributed by atoms with Crippen LogP contribution < -0.4 is 4.74 Å². The summed E-state index contributed by atoms with van der Waals surface area (Å²) in [7, 11) is 0. The highest BCUT2D eigenvalue weighted by Gasteiger charge is 2.11. The van der Waals surface area contributed by atoms with Gasteiger partial charge in [-0.2, -0.15) is 5.26 Å². The van der Waals surface area contributed by atoms with Crippen LogP contribution in [0, 0.1) is 11.3 Å². The summed E-state index contributed by atoms with van der Waals surface area (Å²) in [6, 6.07) is 1.91. The summed E-state index contributed by atoms with van der Waals surface area (Å²) >= 11 is 0. The zero-order valence-corrected chi connectivity index (χ0v) is 20.3. The second-order valence-corrected chi connectivity index (χ2v) is 8.65. The summed E-state index contributed by atoms with van der Waals surface area (Å²) < 4.78 is 11.2. The van der Waals surface area contributed by atoms with Crippen molar-refractivity contribution >= 4 is 0 Å². The van der Waals surface area contributed by atoms with Gasteiger partial charge in [-0.15, -0.1) is 0 Å². The SMILES string of the molecule is CCCCCCCCCCCCCCCCCCOC[C@H](CO)Oc1cnc(C#N)cn1. The Balaban J connectivity index is 1.84. The molecule has 6 heteroatoms. The third-order valence-corrected chi connectivity index (χ3v) is 5.68. The number of hydrogen-bond acceptors (Lipinski definition) is 6. The minimum atomic E-state index is -0.474. The van der Waals surface area contributed by atoms with Gasteiger partial charge in [-0.25, -0.2) is 9.97 Å². The van der Waals surface area contributed by atoms with Crippen LogP contribution in [0.1, 0.15) is 115 Å². The highest BCUT2D eigenvalue weighted by Crippen LogP contribution is 2.14. The lowest BCUT2D eigenvalue weighted by Crippen LogP contribution is -2.27. The van der Waals surface area contributed by atoms with Gasteiger partial charge in [-0.3, -0.25) is 0 Å². The number of rotatable bonds is 22. The first kappa shape index (κ1) is 28.3. The molecule has 0 aliphatic rings. The van der Waals surface area contributed by atoms with Crippen molar-refractivity contribution in [3.05, 3.63) is 18.1 Å². The molecule has 1 rings (SSSR count). The van der Waals surface area contributed by atoms with Crippen molar-refractivity contribution in [3.63, 3.8) is 0 Å². The molecule has 1 atom stereocenters. The Bertz CT molecular complexity index is 575. The molecule has 0 aromatic carbocycles. The van der Waals surface area contributed by atoms with Gasteiger partial charge in [0, 0.05) is 6.61 Å². The van der Waals surface area contributed by atoms with E-state index in [-0.39, 0.29) is 18.2 Å². The van der Waals surface area contributed by atoms with Crippen molar-refractivity contribution < 1.29 is 14.6 Å². The molecule has 0 bridgehead atoms. The molecule has 1 aromatic rings. The van der Waals surface area contributed by atoms with Crippen LogP contribution in [0.15, 0.2) is 12.4 Å². The zero-order chi connectivity index (χ0) is 23.1. The summed E-state index contributed by atoms with van der Waals surface area (Å²) in [6.45, 7) is 3.12. The molecule has 32 heavy (non-hydrogen) atoms. The molecule has 1 heterocycles. The average Bonchev–Trinajstić information content (AvgIpc) is 2.83. The Morgan fingerprint density at radius 2 is 1.34 bits per heavy atom. The number of aromatic nitrogens is 2. The lowest BCUT2D eigenvalue weighted by atomic mass is 10.0. The molecule has 0 unspecified atom stereocenters. The lowest BCUT2D eigenvalue weighted by Gasteiger charge is -2.16. The Kier molecular flexibility index (Phi) is 18.7. The number of aliphatic hydroxyl groups excluding tert-OH is 1. The molecular weight excluding hydrogens is 402 g/mol. The van der Waals surface area contributed by atoms with Crippen LogP contribution >= 0.6 is 0 Å². The quantitative estimate of drug-likeness (QED) is 0.208. The number of ether oxygens (including phenoxy) is 2. The van der Waals surface area contributed by atoms with Crippen LogP contribution in [0.4, 0.5) is 0 Å². The Morgan fingerprint density at radius 3 is 1.78 bits per heavy atom. The van der Waals surface area contributed by atoms with E-state index in [1.54, 1.807) is 0 Å². The maximum atomic E-state index is 9.43. The molecule has 182 valence electrons. The molecule has 1 aromatic heterocycles. The molecule has 0 fully saturated rings. The Labute approximate surface area is 195 Å². The fraction of sp³-hybridized carbons (Fsp3) is 0.808. The predicted octanol–water partition coefficient (Wildman–Crippen LogP) is 6.37. The third kappa shape index (κ3) is 16.0. The largest absolute Gasteiger partial charge is 0.468 e. The van der Waals surface area contributed by atoms with Gasteiger partial charge in [0.25, 0.3) is 0 Å². The van der Waals surface area contributed by atoms with Crippen LogP contribution in [-0.2, 0) is 4.74 Å². The summed E-state index contributed by atoms with van der Waals surface area (Å²) in [4.78, 5) is 7.89. The summed E-state index contributed by atoms with van der Waals surface area (Å²) in [5.74, 6) is 0.286. The first-order valence-electron chi connectivity index (χ1n) is 12.9. The van der Waals surface area contributed by atoms with Crippen molar-refractivity contribution in [3.8, 4) is 11.9 Å². The van der Waals surface area contributed by atoms with Crippen molar-refractivity contribution in [2.75, 3.05) is 19.8 Å². The van der Waals surface area contributed by atoms with Crippen LogP contribution in [0.3, 0.4) is 0 Å². The highest BCUT2D eigenvalue weighted by molar-refractivity contribution is 5.18. The van der Waals surface area contributed by atoms with Gasteiger partial charge in [0.2, 0.25) is 5.88 Å². The van der Waals surface area contributed by atoms with Gasteiger partial charge in [0.15, 0.2) is 5.69 Å². The second-order valence-electron chi connectivity index (χ2n) is 8.65. The summed E-state index contributed by atoms with van der Waals surface area (Å²) in [6.07, 6.45) is 23.9. The summed E-state index contributed by atoms with van der Waals surface area (Å²) in [5.41, 5.74) is 0.234. The number of nitrogens with zero attached hydrogens (tertiary/aromatic N) is 3. The van der Waals surface area contributed by atoms with E-state index in [0.717, 1.165) is 6.42 Å². The van der Waals surface area contributed by atoms with E-state index >= 15 is 0 Å². The maximum Gasteiger partial charge on any atom is 0.232 e. The molecule has 0 aliphatic heterocycles.